The molecule has 2 aromatic heterocycles. The number of nitrogens with one attached hydrogen (secondary N) is 2. The SMILES string of the molecule is COc1cc(OCCOCCOCCOCCC(=O)N[C@H](C(=O)N2C[C@H](O)C[C@H]2C(=O)NCc2ccc(-c3scnc3C)cc2)C(C)(C)C)c(C)cc1-n1nnc(S(=O)(=O)c2ccc(C(C)(C)C)cc2)c1C. The van der Waals surface area contributed by atoms with E-state index in [0.717, 1.165) is 32.8 Å². The molecule has 1 fully saturated rings. The lowest BCUT2D eigenvalue weighted by molar-refractivity contribution is -0.144. The van der Waals surface area contributed by atoms with Crippen molar-refractivity contribution in [3.05, 3.63) is 94.3 Å². The van der Waals surface area contributed by atoms with Crippen LogP contribution in [0.15, 0.2) is 76.1 Å². The number of aromatic nitrogens is 4. The van der Waals surface area contributed by atoms with E-state index in [2.05, 4.69) is 46.7 Å². The van der Waals surface area contributed by atoms with Crippen LogP contribution in [-0.4, -0.2) is 134 Å². The molecule has 3 N–H and O–H groups in total. The minimum atomic E-state index is -3.94. The van der Waals surface area contributed by atoms with Gasteiger partial charge in [-0.05, 0) is 72.1 Å². The summed E-state index contributed by atoms with van der Waals surface area (Å²) < 4.78 is 57.2. The maximum atomic E-state index is 14.0. The van der Waals surface area contributed by atoms with E-state index in [1.54, 1.807) is 42.5 Å². The molecule has 0 unspecified atom stereocenters. The summed E-state index contributed by atoms with van der Waals surface area (Å²) in [5.41, 5.74) is 6.51. The molecular weight excluding hydrogens is 963 g/mol. The van der Waals surface area contributed by atoms with Crippen LogP contribution in [0.3, 0.4) is 0 Å². The molecule has 3 amide bonds. The number of hydrogen-bond donors (Lipinski definition) is 3. The molecule has 1 saturated heterocycles. The molecule has 20 heteroatoms. The van der Waals surface area contributed by atoms with Crippen LogP contribution in [0, 0.1) is 26.2 Å². The molecule has 6 rings (SSSR count). The lowest BCUT2D eigenvalue weighted by Crippen LogP contribution is -2.57. The number of likely N-dealkylation sites (tertiary alicyclic amines) is 1. The van der Waals surface area contributed by atoms with Crippen LogP contribution in [0.2, 0.25) is 0 Å². The molecule has 0 spiro atoms. The van der Waals surface area contributed by atoms with Gasteiger partial charge in [-0.1, -0.05) is 83.2 Å². The van der Waals surface area contributed by atoms with Gasteiger partial charge in [-0.15, -0.1) is 16.4 Å². The normalized spacial score (nSPS) is 15.6. The summed E-state index contributed by atoms with van der Waals surface area (Å²) in [4.78, 5) is 47.4. The molecule has 0 saturated carbocycles. The molecule has 3 heterocycles. The van der Waals surface area contributed by atoms with Crippen molar-refractivity contribution in [3.8, 4) is 27.6 Å². The second-order valence-corrected chi connectivity index (χ2v) is 22.6. The number of β-amino-alcohol motifs (C(OH)–C–C–N with tert-alkyl or cyclic N) is 1. The fraction of sp³-hybridized carbons (Fsp3) is 0.500. The number of hydrogen-bond acceptors (Lipinski definition) is 15. The number of benzene rings is 3. The predicted molar refractivity (Wildman–Crippen MR) is 272 cm³/mol. The average molecular weight is 1030 g/mol. The van der Waals surface area contributed by atoms with Crippen molar-refractivity contribution in [2.45, 2.75) is 115 Å². The van der Waals surface area contributed by atoms with Crippen LogP contribution in [0.25, 0.3) is 16.1 Å². The van der Waals surface area contributed by atoms with Crippen molar-refractivity contribution in [2.75, 3.05) is 59.9 Å². The van der Waals surface area contributed by atoms with Gasteiger partial charge >= 0.3 is 0 Å². The highest BCUT2D eigenvalue weighted by Gasteiger charge is 2.44. The highest BCUT2D eigenvalue weighted by molar-refractivity contribution is 7.91. The van der Waals surface area contributed by atoms with E-state index < -0.39 is 39.3 Å². The summed E-state index contributed by atoms with van der Waals surface area (Å²) >= 11 is 1.57. The van der Waals surface area contributed by atoms with Gasteiger partial charge in [0.2, 0.25) is 32.6 Å². The van der Waals surface area contributed by atoms with Crippen molar-refractivity contribution < 1.29 is 51.6 Å². The molecule has 18 nitrogen and oxygen atoms in total. The molecule has 72 heavy (non-hydrogen) atoms. The van der Waals surface area contributed by atoms with E-state index in [4.69, 9.17) is 23.7 Å². The van der Waals surface area contributed by atoms with Gasteiger partial charge in [-0.3, -0.25) is 14.4 Å². The standard InChI is InChI=1S/C52H69N7O11S2/c1-33-27-41(59-35(3)49(56-57-59)72(64,65)40-17-15-38(16-18-40)51(4,5)6)44(66-10)29-43(33)70-26-25-69-24-23-68-22-21-67-20-19-45(61)55-47(52(7,8)9)50(63)58-31-39(60)28-42(58)48(62)53-30-36-11-13-37(14-12-36)46-34(2)54-32-71-46/h11-18,27,29,32,39,42,47,60H,19-26,28,30-31H2,1-10H3,(H,53,62)(H,55,61)/t39-,42+,47-/m1/s1. The van der Waals surface area contributed by atoms with Crippen LogP contribution in [0.5, 0.6) is 11.5 Å². The minimum Gasteiger partial charge on any atom is -0.494 e. The monoisotopic (exact) mass is 1030 g/mol. The van der Waals surface area contributed by atoms with Gasteiger partial charge in [0.15, 0.2) is 0 Å². The second-order valence-electron chi connectivity index (χ2n) is 19.8. The molecule has 0 aliphatic carbocycles. The van der Waals surface area contributed by atoms with Crippen molar-refractivity contribution in [3.63, 3.8) is 0 Å². The lowest BCUT2D eigenvalue weighted by atomic mass is 9.85. The van der Waals surface area contributed by atoms with Gasteiger partial charge in [-0.25, -0.2) is 18.1 Å². The molecule has 3 aromatic carbocycles. The largest absolute Gasteiger partial charge is 0.494 e. The molecule has 3 atom stereocenters. The number of rotatable bonds is 23. The first kappa shape index (κ1) is 55.5. The van der Waals surface area contributed by atoms with E-state index in [1.807, 2.05) is 76.5 Å². The number of amides is 3. The predicted octanol–water partition coefficient (Wildman–Crippen LogP) is 6.08. The van der Waals surface area contributed by atoms with Crippen molar-refractivity contribution in [1.29, 1.82) is 0 Å². The molecule has 1 aliphatic rings. The van der Waals surface area contributed by atoms with Gasteiger partial charge in [0.1, 0.15) is 35.9 Å². The zero-order chi connectivity index (χ0) is 52.4. The fourth-order valence-corrected chi connectivity index (χ4v) is 10.3. The number of nitrogens with zero attached hydrogens (tertiary/aromatic N) is 5. The Morgan fingerprint density at radius 3 is 2.10 bits per heavy atom. The number of ether oxygens (including phenoxy) is 5. The van der Waals surface area contributed by atoms with E-state index in [9.17, 15) is 27.9 Å². The maximum absolute atomic E-state index is 14.0. The quantitative estimate of drug-likeness (QED) is 0.0631. The summed E-state index contributed by atoms with van der Waals surface area (Å²) in [5.74, 6) is -0.219. The van der Waals surface area contributed by atoms with Gasteiger partial charge in [0.05, 0.1) is 79.5 Å². The highest BCUT2D eigenvalue weighted by Crippen LogP contribution is 2.34. The second kappa shape index (κ2) is 24.3. The Hall–Kier alpha value is -5.77. The Morgan fingerprint density at radius 1 is 0.861 bits per heavy atom. The number of aliphatic hydroxyl groups excluding tert-OH is 1. The Morgan fingerprint density at radius 2 is 1.50 bits per heavy atom. The number of methoxy groups -OCH3 is 1. The van der Waals surface area contributed by atoms with Gasteiger partial charge in [0, 0.05) is 32.0 Å². The first-order valence-electron chi connectivity index (χ1n) is 24.0. The van der Waals surface area contributed by atoms with E-state index in [1.165, 1.54) is 16.7 Å². The maximum Gasteiger partial charge on any atom is 0.246 e. The van der Waals surface area contributed by atoms with Crippen LogP contribution in [0.1, 0.15) is 82.5 Å². The molecule has 5 aromatic rings. The highest BCUT2D eigenvalue weighted by atomic mass is 32.2. The summed E-state index contributed by atoms with van der Waals surface area (Å²) in [6.07, 6.45) is -0.778. The lowest BCUT2D eigenvalue weighted by Gasteiger charge is -2.35. The van der Waals surface area contributed by atoms with Gasteiger partial charge in [0.25, 0.3) is 0 Å². The van der Waals surface area contributed by atoms with Gasteiger partial charge in [-0.2, -0.15) is 0 Å². The zero-order valence-corrected chi connectivity index (χ0v) is 44.6. The third kappa shape index (κ3) is 14.0. The van der Waals surface area contributed by atoms with Gasteiger partial charge < -0.3 is 44.3 Å². The van der Waals surface area contributed by atoms with E-state index in [0.29, 0.717) is 36.1 Å². The number of aryl methyl sites for hydroxylation is 2. The third-order valence-electron chi connectivity index (χ3n) is 12.3. The summed E-state index contributed by atoms with van der Waals surface area (Å²) in [6.45, 7) is 19.2. The Balaban J connectivity index is 0.870. The Bertz CT molecular complexity index is 2750. The summed E-state index contributed by atoms with van der Waals surface area (Å²) in [5, 5.41) is 24.5. The van der Waals surface area contributed by atoms with Crippen molar-refractivity contribution in [2.24, 2.45) is 5.41 Å². The van der Waals surface area contributed by atoms with E-state index >= 15 is 0 Å². The summed E-state index contributed by atoms with van der Waals surface area (Å²) in [6, 6.07) is 16.4. The number of carbonyl (C=O) groups is 3. The van der Waals surface area contributed by atoms with Crippen molar-refractivity contribution in [1.82, 2.24) is 35.5 Å². The third-order valence-corrected chi connectivity index (χ3v) is 15.0. The van der Waals surface area contributed by atoms with Crippen LogP contribution in [-0.2, 0) is 50.4 Å². The number of aliphatic hydroxyl groups is 1. The number of carbonyl (C=O) groups excluding carboxylic acids is 3. The van der Waals surface area contributed by atoms with Crippen LogP contribution >= 0.6 is 11.3 Å². The van der Waals surface area contributed by atoms with Crippen molar-refractivity contribution >= 4 is 38.9 Å². The molecule has 1 aliphatic heterocycles. The smallest absolute Gasteiger partial charge is 0.246 e. The van der Waals surface area contributed by atoms with E-state index in [-0.39, 0.29) is 86.1 Å². The zero-order valence-electron chi connectivity index (χ0n) is 42.9. The average Bonchev–Trinajstić information content (AvgIpc) is 4.07. The number of sulfone groups is 1. The first-order chi connectivity index (χ1) is 34.1. The fourth-order valence-electron chi connectivity index (χ4n) is 8.11. The number of thiazole rings is 1. The molecule has 0 bridgehead atoms. The first-order valence-corrected chi connectivity index (χ1v) is 26.3. The Kier molecular flexibility index (Phi) is 18.7. The molecule has 0 radical (unpaired) electrons. The Labute approximate surface area is 426 Å². The van der Waals surface area contributed by atoms with Crippen LogP contribution in [0.4, 0.5) is 0 Å². The summed E-state index contributed by atoms with van der Waals surface area (Å²) in [7, 11) is -2.43. The molecular formula is C52H69N7O11S2. The topological polar surface area (TPSA) is 223 Å². The molecule has 390 valence electrons. The van der Waals surface area contributed by atoms with Crippen LogP contribution < -0.4 is 20.1 Å². The minimum absolute atomic E-state index is 0.00376.